The first-order valence-corrected chi connectivity index (χ1v) is 11.2. The Hall–Kier alpha value is -3.02. The average Bonchev–Trinajstić information content (AvgIpc) is 3.21. The van der Waals surface area contributed by atoms with Crippen LogP contribution in [0.25, 0.3) is 0 Å². The van der Waals surface area contributed by atoms with Crippen molar-refractivity contribution >= 4 is 32.4 Å². The average molecular weight is 449 g/mol. The molecule has 9 nitrogen and oxygen atoms in total. The number of aryl methyl sites for hydroxylation is 1. The minimum atomic E-state index is -3.87. The number of ether oxygens (including phenoxy) is 2. The van der Waals surface area contributed by atoms with Crippen LogP contribution >= 0.6 is 11.3 Å². The number of nitrogens with zero attached hydrogens (tertiary/aromatic N) is 2. The van der Waals surface area contributed by atoms with Crippen LogP contribution in [0.4, 0.5) is 5.13 Å². The van der Waals surface area contributed by atoms with Crippen molar-refractivity contribution in [1.82, 2.24) is 14.9 Å². The summed E-state index contributed by atoms with van der Waals surface area (Å²) in [6.45, 7) is 2.02. The molecule has 1 amide bonds. The molecule has 0 aliphatic heterocycles. The molecule has 0 unspecified atom stereocenters. The number of amides is 1. The highest BCUT2D eigenvalue weighted by Crippen LogP contribution is 2.21. The van der Waals surface area contributed by atoms with Gasteiger partial charge in [-0.05, 0) is 31.2 Å². The maximum atomic E-state index is 12.4. The van der Waals surface area contributed by atoms with Crippen LogP contribution in [0, 0.1) is 6.92 Å². The molecule has 11 heteroatoms. The second-order valence-corrected chi connectivity index (χ2v) is 9.04. The highest BCUT2D eigenvalue weighted by Gasteiger charge is 2.21. The molecular weight excluding hydrogens is 428 g/mol. The topological polar surface area (TPSA) is 120 Å². The van der Waals surface area contributed by atoms with Crippen LogP contribution in [0.1, 0.15) is 15.9 Å². The van der Waals surface area contributed by atoms with Gasteiger partial charge in [0.15, 0.2) is 0 Å². The highest BCUT2D eigenvalue weighted by atomic mass is 32.2. The van der Waals surface area contributed by atoms with Gasteiger partial charge >= 0.3 is 0 Å². The molecular formula is C19H20N4O5S2. The molecule has 30 heavy (non-hydrogen) atoms. The normalized spacial score (nSPS) is 11.1. The van der Waals surface area contributed by atoms with Crippen molar-refractivity contribution in [3.63, 3.8) is 0 Å². The third-order valence-corrected chi connectivity index (χ3v) is 6.51. The first kappa shape index (κ1) is 21.7. The van der Waals surface area contributed by atoms with Crippen molar-refractivity contribution in [2.75, 3.05) is 25.6 Å². The number of hydrogen-bond donors (Lipinski definition) is 2. The Bertz CT molecular complexity index is 1130. The van der Waals surface area contributed by atoms with E-state index in [9.17, 15) is 13.2 Å². The summed E-state index contributed by atoms with van der Waals surface area (Å²) in [6.07, 6.45) is 0. The predicted molar refractivity (Wildman–Crippen MR) is 113 cm³/mol. The number of carbonyl (C=O) groups excluding carboxylic acids is 1. The molecule has 1 aromatic heterocycles. The molecule has 0 atom stereocenters. The molecule has 0 fully saturated rings. The molecule has 0 spiro atoms. The third kappa shape index (κ3) is 5.75. The summed E-state index contributed by atoms with van der Waals surface area (Å²) in [7, 11) is -2.33. The monoisotopic (exact) mass is 448 g/mol. The van der Waals surface area contributed by atoms with Gasteiger partial charge in [0.05, 0.1) is 7.11 Å². The van der Waals surface area contributed by atoms with Crippen molar-refractivity contribution in [3.8, 4) is 11.5 Å². The fourth-order valence-electron chi connectivity index (χ4n) is 2.42. The van der Waals surface area contributed by atoms with Crippen molar-refractivity contribution in [2.45, 2.75) is 11.3 Å². The zero-order valence-electron chi connectivity index (χ0n) is 16.3. The third-order valence-electron chi connectivity index (χ3n) is 3.84. The van der Waals surface area contributed by atoms with E-state index < -0.39 is 15.9 Å². The SMILES string of the molecule is COc1cccc(OCCNS(=O)(=O)c2nnc(NC(=O)c3cccc(C)c3)s2)c1. The van der Waals surface area contributed by atoms with Crippen molar-refractivity contribution in [3.05, 3.63) is 59.7 Å². The Balaban J connectivity index is 1.54. The van der Waals surface area contributed by atoms with Gasteiger partial charge in [0.25, 0.3) is 15.9 Å². The van der Waals surface area contributed by atoms with Gasteiger partial charge in [-0.25, -0.2) is 13.1 Å². The van der Waals surface area contributed by atoms with Crippen LogP contribution in [0.5, 0.6) is 11.5 Å². The molecule has 0 saturated heterocycles. The summed E-state index contributed by atoms with van der Waals surface area (Å²) >= 11 is 0.764. The lowest BCUT2D eigenvalue weighted by Gasteiger charge is -2.08. The van der Waals surface area contributed by atoms with Gasteiger partial charge in [0, 0.05) is 18.2 Å². The molecule has 3 aromatic rings. The van der Waals surface area contributed by atoms with Crippen LogP contribution in [0.15, 0.2) is 52.9 Å². The Morgan fingerprint density at radius 2 is 1.87 bits per heavy atom. The molecule has 0 saturated carbocycles. The Morgan fingerprint density at radius 3 is 2.63 bits per heavy atom. The van der Waals surface area contributed by atoms with E-state index in [1.165, 1.54) is 0 Å². The standard InChI is InChI=1S/C19H20N4O5S2/c1-13-5-3-6-14(11-13)17(24)21-18-22-23-19(29-18)30(25,26)20-9-10-28-16-8-4-7-15(12-16)27-2/h3-8,11-12,20H,9-10H2,1-2H3,(H,21,22,24). The van der Waals surface area contributed by atoms with E-state index in [0.717, 1.165) is 16.9 Å². The van der Waals surface area contributed by atoms with Gasteiger partial charge in [0.2, 0.25) is 9.47 Å². The zero-order chi connectivity index (χ0) is 21.6. The zero-order valence-corrected chi connectivity index (χ0v) is 17.9. The van der Waals surface area contributed by atoms with Crippen molar-refractivity contribution in [1.29, 1.82) is 0 Å². The number of benzene rings is 2. The number of sulfonamides is 1. The maximum Gasteiger partial charge on any atom is 0.269 e. The minimum Gasteiger partial charge on any atom is -0.497 e. The lowest BCUT2D eigenvalue weighted by atomic mass is 10.1. The summed E-state index contributed by atoms with van der Waals surface area (Å²) in [5, 5.41) is 10.0. The smallest absolute Gasteiger partial charge is 0.269 e. The summed E-state index contributed by atoms with van der Waals surface area (Å²) in [5.41, 5.74) is 1.38. The van der Waals surface area contributed by atoms with E-state index in [1.54, 1.807) is 49.6 Å². The van der Waals surface area contributed by atoms with Crippen LogP contribution in [0.3, 0.4) is 0 Å². The maximum absolute atomic E-state index is 12.4. The first-order chi connectivity index (χ1) is 14.4. The number of nitrogens with one attached hydrogen (secondary N) is 2. The van der Waals surface area contributed by atoms with Gasteiger partial charge in [-0.3, -0.25) is 10.1 Å². The predicted octanol–water partition coefficient (Wildman–Crippen LogP) is 2.46. The van der Waals surface area contributed by atoms with Gasteiger partial charge < -0.3 is 9.47 Å². The second kappa shape index (κ2) is 9.65. The van der Waals surface area contributed by atoms with Crippen LogP contribution in [-0.2, 0) is 10.0 Å². The molecule has 1 heterocycles. The Kier molecular flexibility index (Phi) is 6.98. The van der Waals surface area contributed by atoms with Gasteiger partial charge in [-0.2, -0.15) is 0 Å². The number of aromatic nitrogens is 2. The van der Waals surface area contributed by atoms with Crippen LogP contribution in [0.2, 0.25) is 0 Å². The number of carbonyl (C=O) groups is 1. The van der Waals surface area contributed by atoms with Gasteiger partial charge in [-0.15, -0.1) is 10.2 Å². The Morgan fingerprint density at radius 1 is 1.10 bits per heavy atom. The number of hydrogen-bond acceptors (Lipinski definition) is 8. The van der Waals surface area contributed by atoms with E-state index in [-0.39, 0.29) is 22.6 Å². The summed E-state index contributed by atoms with van der Waals surface area (Å²) in [6, 6.07) is 14.0. The Labute approximate surface area is 178 Å². The number of anilines is 1. The molecule has 158 valence electrons. The second-order valence-electron chi connectivity index (χ2n) is 6.12. The number of methoxy groups -OCH3 is 1. The van der Waals surface area contributed by atoms with E-state index in [2.05, 4.69) is 20.2 Å². The molecule has 0 bridgehead atoms. The summed E-state index contributed by atoms with van der Waals surface area (Å²) in [4.78, 5) is 12.3. The van der Waals surface area contributed by atoms with Crippen molar-refractivity contribution in [2.24, 2.45) is 0 Å². The van der Waals surface area contributed by atoms with Crippen LogP contribution < -0.4 is 19.5 Å². The van der Waals surface area contributed by atoms with E-state index in [4.69, 9.17) is 9.47 Å². The van der Waals surface area contributed by atoms with Gasteiger partial charge in [0.1, 0.15) is 18.1 Å². The molecule has 0 aliphatic rings. The molecule has 3 rings (SSSR count). The van der Waals surface area contributed by atoms with Crippen molar-refractivity contribution < 1.29 is 22.7 Å². The fraction of sp³-hybridized carbons (Fsp3) is 0.211. The number of rotatable bonds is 9. The van der Waals surface area contributed by atoms with E-state index in [0.29, 0.717) is 17.1 Å². The molecule has 2 N–H and O–H groups in total. The van der Waals surface area contributed by atoms with Crippen LogP contribution in [-0.4, -0.2) is 44.8 Å². The summed E-state index contributed by atoms with van der Waals surface area (Å²) < 4.78 is 37.5. The van der Waals surface area contributed by atoms with E-state index >= 15 is 0 Å². The van der Waals surface area contributed by atoms with E-state index in [1.807, 2.05) is 13.0 Å². The fourth-order valence-corrected chi connectivity index (χ4v) is 4.37. The highest BCUT2D eigenvalue weighted by molar-refractivity contribution is 7.91. The molecule has 0 radical (unpaired) electrons. The largest absolute Gasteiger partial charge is 0.497 e. The summed E-state index contributed by atoms with van der Waals surface area (Å²) in [5.74, 6) is 0.811. The molecule has 2 aromatic carbocycles. The minimum absolute atomic E-state index is 0.0319. The lowest BCUT2D eigenvalue weighted by molar-refractivity contribution is 0.102. The first-order valence-electron chi connectivity index (χ1n) is 8.85. The van der Waals surface area contributed by atoms with Gasteiger partial charge in [-0.1, -0.05) is 35.1 Å². The molecule has 0 aliphatic carbocycles. The quantitative estimate of drug-likeness (QED) is 0.381. The lowest BCUT2D eigenvalue weighted by Crippen LogP contribution is -2.28.